The molecule has 0 aliphatic carbocycles. The lowest BCUT2D eigenvalue weighted by Crippen LogP contribution is -2.19. The fraction of sp³-hybridized carbons (Fsp3) is 0.0769. The number of methoxy groups -OCH3 is 1. The van der Waals surface area contributed by atoms with E-state index in [1.807, 2.05) is 13.0 Å². The van der Waals surface area contributed by atoms with Gasteiger partial charge in [-0.15, -0.1) is 0 Å². The zero-order chi connectivity index (χ0) is 26.3. The Morgan fingerprint density at radius 2 is 1.84 bits per heavy atom. The summed E-state index contributed by atoms with van der Waals surface area (Å²) in [6, 6.07) is 16.3. The van der Waals surface area contributed by atoms with E-state index in [4.69, 9.17) is 16.3 Å². The Bertz CT molecular complexity index is 1820. The number of halogens is 2. The van der Waals surface area contributed by atoms with Crippen LogP contribution in [0.25, 0.3) is 27.7 Å². The first-order valence-electron chi connectivity index (χ1n) is 10.9. The molecular weight excluding hydrogens is 521 g/mol. The third-order valence-corrected chi connectivity index (χ3v) is 7.44. The molecule has 0 atom stereocenters. The Labute approximate surface area is 215 Å². The van der Waals surface area contributed by atoms with E-state index in [0.29, 0.717) is 21.5 Å². The normalized spacial score (nSPS) is 11.6. The lowest BCUT2D eigenvalue weighted by atomic mass is 10.0. The number of aryl methyl sites for hydroxylation is 1. The van der Waals surface area contributed by atoms with E-state index in [0.717, 1.165) is 5.56 Å². The monoisotopic (exact) mass is 539 g/mol. The van der Waals surface area contributed by atoms with Crippen LogP contribution in [0.1, 0.15) is 5.56 Å². The van der Waals surface area contributed by atoms with Crippen molar-refractivity contribution in [2.45, 2.75) is 11.8 Å². The van der Waals surface area contributed by atoms with Gasteiger partial charge < -0.3 is 9.26 Å². The smallest absolute Gasteiger partial charge is 0.263 e. The summed E-state index contributed by atoms with van der Waals surface area (Å²) in [6.45, 7) is 1.88. The summed E-state index contributed by atoms with van der Waals surface area (Å²) in [7, 11) is -2.57. The molecule has 0 aliphatic heterocycles. The summed E-state index contributed by atoms with van der Waals surface area (Å²) in [4.78, 5) is 12.9. The van der Waals surface area contributed by atoms with E-state index < -0.39 is 21.4 Å². The highest BCUT2D eigenvalue weighted by molar-refractivity contribution is 7.92. The predicted molar refractivity (Wildman–Crippen MR) is 139 cm³/mol. The minimum Gasteiger partial charge on any atom is -0.495 e. The van der Waals surface area contributed by atoms with E-state index in [2.05, 4.69) is 14.4 Å². The van der Waals surface area contributed by atoms with Gasteiger partial charge in [0.2, 0.25) is 0 Å². The van der Waals surface area contributed by atoms with Gasteiger partial charge in [0.25, 0.3) is 15.6 Å². The van der Waals surface area contributed by atoms with Crippen LogP contribution >= 0.6 is 11.6 Å². The molecule has 188 valence electrons. The molecule has 0 unspecified atom stereocenters. The third kappa shape index (κ3) is 4.56. The third-order valence-electron chi connectivity index (χ3n) is 5.78. The van der Waals surface area contributed by atoms with Crippen LogP contribution in [0, 0.1) is 12.7 Å². The first-order valence-corrected chi connectivity index (χ1v) is 12.8. The zero-order valence-electron chi connectivity index (χ0n) is 19.5. The molecule has 1 N–H and O–H groups in total. The van der Waals surface area contributed by atoms with Crippen molar-refractivity contribution < 1.29 is 22.1 Å². The minimum absolute atomic E-state index is 0.0269. The molecule has 0 spiro atoms. The summed E-state index contributed by atoms with van der Waals surface area (Å²) in [5.41, 5.74) is 1.67. The Balaban J connectivity index is 1.65. The fourth-order valence-electron chi connectivity index (χ4n) is 4.03. The first-order chi connectivity index (χ1) is 17.7. The zero-order valence-corrected chi connectivity index (χ0v) is 21.1. The molecule has 0 amide bonds. The van der Waals surface area contributed by atoms with Crippen LogP contribution in [0.5, 0.6) is 5.75 Å². The van der Waals surface area contributed by atoms with Crippen molar-refractivity contribution in [2.24, 2.45) is 0 Å². The summed E-state index contributed by atoms with van der Waals surface area (Å²) in [5.74, 6) is -0.354. The van der Waals surface area contributed by atoms with Gasteiger partial charge >= 0.3 is 0 Å². The molecule has 8 nitrogen and oxygen atoms in total. The number of benzene rings is 3. The second kappa shape index (κ2) is 9.38. The van der Waals surface area contributed by atoms with Crippen molar-refractivity contribution in [1.82, 2.24) is 9.72 Å². The Kier molecular flexibility index (Phi) is 6.22. The van der Waals surface area contributed by atoms with Gasteiger partial charge in [-0.2, -0.15) is 0 Å². The van der Waals surface area contributed by atoms with Crippen molar-refractivity contribution >= 4 is 38.3 Å². The summed E-state index contributed by atoms with van der Waals surface area (Å²) in [5, 5.41) is 4.36. The Morgan fingerprint density at radius 3 is 2.54 bits per heavy atom. The predicted octanol–water partition coefficient (Wildman–Crippen LogP) is 5.56. The van der Waals surface area contributed by atoms with Crippen LogP contribution in [0.4, 0.5) is 10.2 Å². The van der Waals surface area contributed by atoms with Gasteiger partial charge in [0.15, 0.2) is 5.82 Å². The van der Waals surface area contributed by atoms with Crippen molar-refractivity contribution in [3.05, 3.63) is 99.8 Å². The maximum absolute atomic E-state index is 15.4. The standard InChI is InChI=1S/C26H19ClFN3O5S/c1-15-3-6-18(20(27)11-15)19-13-24(35-2)23(14-21(19)28)31-22-7-5-17(12-16(22)4-8-26(31)32)37(33,34)30-25-9-10-36-29-25/h3-14H,1-2H3,(H,29,30). The minimum atomic E-state index is -3.98. The number of sulfonamides is 1. The van der Waals surface area contributed by atoms with Gasteiger partial charge in [0, 0.05) is 39.7 Å². The highest BCUT2D eigenvalue weighted by Gasteiger charge is 2.20. The molecule has 0 radical (unpaired) electrons. The lowest BCUT2D eigenvalue weighted by molar-refractivity contribution is 0.412. The first kappa shape index (κ1) is 24.5. The molecule has 2 heterocycles. The summed E-state index contributed by atoms with van der Waals surface area (Å²) < 4.78 is 54.8. The molecule has 2 aromatic heterocycles. The molecule has 5 aromatic rings. The lowest BCUT2D eigenvalue weighted by Gasteiger charge is -2.17. The molecule has 37 heavy (non-hydrogen) atoms. The van der Waals surface area contributed by atoms with Crippen LogP contribution in [-0.4, -0.2) is 25.3 Å². The topological polar surface area (TPSA) is 103 Å². The molecule has 0 aliphatic rings. The summed E-state index contributed by atoms with van der Waals surface area (Å²) >= 11 is 6.36. The average Bonchev–Trinajstić information content (AvgIpc) is 3.36. The molecule has 5 rings (SSSR count). The number of nitrogens with one attached hydrogen (secondary N) is 1. The number of hydrogen-bond donors (Lipinski definition) is 1. The second-order valence-electron chi connectivity index (χ2n) is 8.20. The van der Waals surface area contributed by atoms with E-state index in [1.165, 1.54) is 66.5 Å². The molecule has 11 heteroatoms. The van der Waals surface area contributed by atoms with E-state index in [-0.39, 0.29) is 27.7 Å². The maximum atomic E-state index is 15.4. The number of pyridine rings is 1. The summed E-state index contributed by atoms with van der Waals surface area (Å²) in [6.07, 6.45) is 1.24. The van der Waals surface area contributed by atoms with Crippen LogP contribution < -0.4 is 15.0 Å². The largest absolute Gasteiger partial charge is 0.495 e. The highest BCUT2D eigenvalue weighted by Crippen LogP contribution is 2.36. The van der Waals surface area contributed by atoms with Gasteiger partial charge in [0.1, 0.15) is 17.8 Å². The number of nitrogens with zero attached hydrogens (tertiary/aromatic N) is 2. The number of hydrogen-bond acceptors (Lipinski definition) is 6. The molecule has 0 saturated heterocycles. The van der Waals surface area contributed by atoms with Gasteiger partial charge in [-0.05, 0) is 48.9 Å². The van der Waals surface area contributed by atoms with E-state index in [1.54, 1.807) is 12.1 Å². The number of rotatable bonds is 6. The number of fused-ring (bicyclic) bond motifs is 1. The SMILES string of the molecule is COc1cc(-c2ccc(C)cc2Cl)c(F)cc1-n1c(=O)ccc2cc(S(=O)(=O)Nc3ccon3)ccc21. The molecule has 0 bridgehead atoms. The second-order valence-corrected chi connectivity index (χ2v) is 10.3. The van der Waals surface area contributed by atoms with Crippen molar-refractivity contribution in [2.75, 3.05) is 11.8 Å². The Hall–Kier alpha value is -4.15. The van der Waals surface area contributed by atoms with Crippen molar-refractivity contribution in [3.63, 3.8) is 0 Å². The van der Waals surface area contributed by atoms with E-state index >= 15 is 4.39 Å². The fourth-order valence-corrected chi connectivity index (χ4v) is 5.39. The maximum Gasteiger partial charge on any atom is 0.263 e. The van der Waals surface area contributed by atoms with Gasteiger partial charge in [0.05, 0.1) is 23.2 Å². The van der Waals surface area contributed by atoms with Gasteiger partial charge in [-0.25, -0.2) is 12.8 Å². The highest BCUT2D eigenvalue weighted by atomic mass is 35.5. The molecule has 3 aromatic carbocycles. The van der Waals surface area contributed by atoms with Gasteiger partial charge in [-0.3, -0.25) is 14.1 Å². The van der Waals surface area contributed by atoms with Crippen LogP contribution in [0.2, 0.25) is 5.02 Å². The van der Waals surface area contributed by atoms with Crippen LogP contribution in [0.15, 0.2) is 87.2 Å². The van der Waals surface area contributed by atoms with Crippen LogP contribution in [0.3, 0.4) is 0 Å². The van der Waals surface area contributed by atoms with Crippen molar-refractivity contribution in [1.29, 1.82) is 0 Å². The number of aromatic nitrogens is 2. The molecular formula is C26H19ClFN3O5S. The van der Waals surface area contributed by atoms with Crippen molar-refractivity contribution in [3.8, 4) is 22.6 Å². The molecule has 0 fully saturated rings. The number of anilines is 1. The number of ether oxygens (including phenoxy) is 1. The average molecular weight is 540 g/mol. The van der Waals surface area contributed by atoms with E-state index in [9.17, 15) is 13.2 Å². The quantitative estimate of drug-likeness (QED) is 0.303. The van der Waals surface area contributed by atoms with Gasteiger partial charge in [-0.1, -0.05) is 28.9 Å². The molecule has 0 saturated carbocycles. The van der Waals surface area contributed by atoms with Crippen LogP contribution in [-0.2, 0) is 10.0 Å². The Morgan fingerprint density at radius 1 is 1.03 bits per heavy atom.